The first-order valence-electron chi connectivity index (χ1n) is 5.80. The van der Waals surface area contributed by atoms with Crippen molar-refractivity contribution in [3.8, 4) is 0 Å². The molecule has 96 valence electrons. The average Bonchev–Trinajstić information content (AvgIpc) is 2.32. The zero-order valence-electron chi connectivity index (χ0n) is 10.1. The van der Waals surface area contributed by atoms with Gasteiger partial charge in [-0.05, 0) is 49.3 Å². The number of halogens is 3. The van der Waals surface area contributed by atoms with E-state index in [1.807, 2.05) is 6.92 Å². The van der Waals surface area contributed by atoms with Gasteiger partial charge in [-0.25, -0.2) is 0 Å². The molecular weight excluding hydrogens is 367 g/mol. The van der Waals surface area contributed by atoms with Crippen molar-refractivity contribution in [3.05, 3.63) is 30.7 Å². The van der Waals surface area contributed by atoms with Crippen molar-refractivity contribution < 1.29 is 5.11 Å². The lowest BCUT2D eigenvalue weighted by atomic mass is 10.0. The standard InChI is InChI=1S/C13H17Br2ClO/c1-3-9-12(15)10(6-4-5-7-17)11(14)8(2)13(9)16/h17H,3-7H2,1-2H3. The fourth-order valence-corrected chi connectivity index (χ4v) is 4.15. The molecule has 0 aliphatic carbocycles. The third-order valence-electron chi connectivity index (χ3n) is 2.91. The highest BCUT2D eigenvalue weighted by atomic mass is 79.9. The summed E-state index contributed by atoms with van der Waals surface area (Å²) in [5.41, 5.74) is 3.54. The molecule has 1 nitrogen and oxygen atoms in total. The predicted molar refractivity (Wildman–Crippen MR) is 81.0 cm³/mol. The highest BCUT2D eigenvalue weighted by Crippen LogP contribution is 2.39. The fourth-order valence-electron chi connectivity index (χ4n) is 1.87. The molecule has 0 bridgehead atoms. The Kier molecular flexibility index (Phi) is 6.49. The Morgan fingerprint density at radius 3 is 2.29 bits per heavy atom. The SMILES string of the molecule is CCc1c(Cl)c(C)c(Br)c(CCCCO)c1Br. The number of unbranched alkanes of at least 4 members (excludes halogenated alkanes) is 1. The van der Waals surface area contributed by atoms with Gasteiger partial charge >= 0.3 is 0 Å². The third kappa shape index (κ3) is 3.46. The van der Waals surface area contributed by atoms with Crippen LogP contribution >= 0.6 is 43.5 Å². The second-order valence-electron chi connectivity index (χ2n) is 4.06. The lowest BCUT2D eigenvalue weighted by Gasteiger charge is -2.16. The fraction of sp³-hybridized carbons (Fsp3) is 0.538. The van der Waals surface area contributed by atoms with E-state index >= 15 is 0 Å². The minimum Gasteiger partial charge on any atom is -0.396 e. The van der Waals surface area contributed by atoms with Gasteiger partial charge < -0.3 is 5.11 Å². The number of aliphatic hydroxyl groups is 1. The van der Waals surface area contributed by atoms with Gasteiger partial charge in [0.2, 0.25) is 0 Å². The van der Waals surface area contributed by atoms with Gasteiger partial charge in [0.25, 0.3) is 0 Å². The van der Waals surface area contributed by atoms with Crippen molar-refractivity contribution in [1.82, 2.24) is 0 Å². The predicted octanol–water partition coefficient (Wildman–Crippen LogP) is 5.05. The Bertz CT molecular complexity index is 405. The smallest absolute Gasteiger partial charge is 0.0489 e. The van der Waals surface area contributed by atoms with Gasteiger partial charge in [0, 0.05) is 20.6 Å². The maximum atomic E-state index is 8.84. The first-order chi connectivity index (χ1) is 8.04. The molecule has 1 aromatic carbocycles. The van der Waals surface area contributed by atoms with E-state index in [0.29, 0.717) is 0 Å². The maximum absolute atomic E-state index is 8.84. The van der Waals surface area contributed by atoms with Crippen molar-refractivity contribution in [3.63, 3.8) is 0 Å². The van der Waals surface area contributed by atoms with E-state index in [4.69, 9.17) is 16.7 Å². The van der Waals surface area contributed by atoms with E-state index in [2.05, 4.69) is 38.8 Å². The minimum absolute atomic E-state index is 0.252. The monoisotopic (exact) mass is 382 g/mol. The van der Waals surface area contributed by atoms with Gasteiger partial charge in [0.1, 0.15) is 0 Å². The first-order valence-corrected chi connectivity index (χ1v) is 7.76. The Morgan fingerprint density at radius 1 is 1.12 bits per heavy atom. The molecule has 0 heterocycles. The number of aliphatic hydroxyl groups excluding tert-OH is 1. The van der Waals surface area contributed by atoms with Crippen LogP contribution in [0.1, 0.15) is 36.5 Å². The van der Waals surface area contributed by atoms with E-state index in [1.165, 1.54) is 11.1 Å². The zero-order chi connectivity index (χ0) is 13.0. The number of hydrogen-bond donors (Lipinski definition) is 1. The molecule has 0 atom stereocenters. The van der Waals surface area contributed by atoms with Gasteiger partial charge in [-0.15, -0.1) is 0 Å². The summed E-state index contributed by atoms with van der Waals surface area (Å²) in [7, 11) is 0. The van der Waals surface area contributed by atoms with Crippen molar-refractivity contribution >= 4 is 43.5 Å². The molecule has 0 aliphatic heterocycles. The largest absolute Gasteiger partial charge is 0.396 e. The summed E-state index contributed by atoms with van der Waals surface area (Å²) in [4.78, 5) is 0. The lowest BCUT2D eigenvalue weighted by molar-refractivity contribution is 0.284. The molecule has 0 amide bonds. The average molecular weight is 385 g/mol. The second-order valence-corrected chi connectivity index (χ2v) is 6.02. The van der Waals surface area contributed by atoms with Crippen LogP contribution in [0.5, 0.6) is 0 Å². The van der Waals surface area contributed by atoms with Gasteiger partial charge in [-0.2, -0.15) is 0 Å². The van der Waals surface area contributed by atoms with Crippen molar-refractivity contribution in [2.45, 2.75) is 39.5 Å². The van der Waals surface area contributed by atoms with Crippen LogP contribution in [-0.2, 0) is 12.8 Å². The van der Waals surface area contributed by atoms with Crippen molar-refractivity contribution in [2.24, 2.45) is 0 Å². The molecule has 1 N–H and O–H groups in total. The van der Waals surface area contributed by atoms with Crippen LogP contribution in [0.3, 0.4) is 0 Å². The maximum Gasteiger partial charge on any atom is 0.0489 e. The molecule has 1 rings (SSSR count). The molecule has 0 unspecified atom stereocenters. The summed E-state index contributed by atoms with van der Waals surface area (Å²) in [6, 6.07) is 0. The van der Waals surface area contributed by atoms with E-state index in [-0.39, 0.29) is 6.61 Å². The Hall–Kier alpha value is 0.430. The van der Waals surface area contributed by atoms with Crippen LogP contribution in [-0.4, -0.2) is 11.7 Å². The van der Waals surface area contributed by atoms with Gasteiger partial charge in [-0.1, -0.05) is 50.4 Å². The van der Waals surface area contributed by atoms with Crippen LogP contribution in [0, 0.1) is 6.92 Å². The molecule has 0 spiro atoms. The Morgan fingerprint density at radius 2 is 1.76 bits per heavy atom. The van der Waals surface area contributed by atoms with Gasteiger partial charge in [0.05, 0.1) is 0 Å². The summed E-state index contributed by atoms with van der Waals surface area (Å²) in [6.07, 6.45) is 3.69. The van der Waals surface area contributed by atoms with Crippen LogP contribution in [0.4, 0.5) is 0 Å². The summed E-state index contributed by atoms with van der Waals surface area (Å²) in [6.45, 7) is 4.40. The summed E-state index contributed by atoms with van der Waals surface area (Å²) in [5.74, 6) is 0. The molecule has 0 radical (unpaired) electrons. The van der Waals surface area contributed by atoms with Crippen LogP contribution < -0.4 is 0 Å². The van der Waals surface area contributed by atoms with Crippen molar-refractivity contribution in [2.75, 3.05) is 6.61 Å². The number of hydrogen-bond acceptors (Lipinski definition) is 1. The highest BCUT2D eigenvalue weighted by Gasteiger charge is 2.16. The van der Waals surface area contributed by atoms with Crippen LogP contribution in [0.2, 0.25) is 5.02 Å². The lowest BCUT2D eigenvalue weighted by Crippen LogP contribution is -1.99. The van der Waals surface area contributed by atoms with E-state index in [0.717, 1.165) is 45.2 Å². The number of benzene rings is 1. The Labute approximate surface area is 125 Å². The second kappa shape index (κ2) is 7.13. The molecule has 0 aromatic heterocycles. The number of rotatable bonds is 5. The van der Waals surface area contributed by atoms with Gasteiger partial charge in [-0.3, -0.25) is 0 Å². The molecule has 0 fully saturated rings. The van der Waals surface area contributed by atoms with Gasteiger partial charge in [0.15, 0.2) is 0 Å². The summed E-state index contributed by atoms with van der Waals surface area (Å²) < 4.78 is 2.20. The normalized spacial score (nSPS) is 10.9. The molecule has 0 saturated carbocycles. The molecule has 17 heavy (non-hydrogen) atoms. The third-order valence-corrected chi connectivity index (χ3v) is 5.45. The quantitative estimate of drug-likeness (QED) is 0.704. The topological polar surface area (TPSA) is 20.2 Å². The molecule has 0 aliphatic rings. The van der Waals surface area contributed by atoms with E-state index < -0.39 is 0 Å². The van der Waals surface area contributed by atoms with Crippen LogP contribution in [0.25, 0.3) is 0 Å². The molecule has 4 heteroatoms. The molecular formula is C13H17Br2ClO. The first kappa shape index (κ1) is 15.5. The summed E-state index contributed by atoms with van der Waals surface area (Å²) in [5, 5.41) is 9.68. The van der Waals surface area contributed by atoms with Crippen molar-refractivity contribution in [1.29, 1.82) is 0 Å². The summed E-state index contributed by atoms with van der Waals surface area (Å²) >= 11 is 13.6. The van der Waals surface area contributed by atoms with Crippen LogP contribution in [0.15, 0.2) is 8.95 Å². The zero-order valence-corrected chi connectivity index (χ0v) is 14.0. The van der Waals surface area contributed by atoms with E-state index in [9.17, 15) is 0 Å². The Balaban J connectivity index is 3.15. The molecule has 0 saturated heterocycles. The minimum atomic E-state index is 0.252. The highest BCUT2D eigenvalue weighted by molar-refractivity contribution is 9.11. The van der Waals surface area contributed by atoms with E-state index in [1.54, 1.807) is 0 Å². The molecule has 1 aromatic rings.